The third kappa shape index (κ3) is 3.42. The van der Waals surface area contributed by atoms with E-state index in [4.69, 9.17) is 5.73 Å². The molecule has 5 nitrogen and oxygen atoms in total. The molecular formula is C14H26N4OS. The van der Waals surface area contributed by atoms with Crippen LogP contribution in [0.5, 0.6) is 0 Å². The Kier molecular flexibility index (Phi) is 6.26. The molecule has 0 bridgehead atoms. The van der Waals surface area contributed by atoms with Gasteiger partial charge in [0.15, 0.2) is 5.13 Å². The van der Waals surface area contributed by atoms with Gasteiger partial charge in [-0.15, -0.1) is 0 Å². The monoisotopic (exact) mass is 298 g/mol. The highest BCUT2D eigenvalue weighted by Crippen LogP contribution is 2.29. The zero-order valence-corrected chi connectivity index (χ0v) is 14.0. The first kappa shape index (κ1) is 16.8. The standard InChI is InChI=1S/C14H26N4OS/c1-6-10(5)18(9-4)13(19)11-12(15)16-14(20-11)17(7-2)8-3/h10H,6-9,15H2,1-5H3. The highest BCUT2D eigenvalue weighted by Gasteiger charge is 2.25. The summed E-state index contributed by atoms with van der Waals surface area (Å²) in [5.74, 6) is 0.346. The van der Waals surface area contributed by atoms with Crippen molar-refractivity contribution < 1.29 is 4.79 Å². The zero-order valence-electron chi connectivity index (χ0n) is 13.1. The summed E-state index contributed by atoms with van der Waals surface area (Å²) in [6, 6.07) is 0.214. The van der Waals surface area contributed by atoms with E-state index in [0.717, 1.165) is 24.6 Å². The van der Waals surface area contributed by atoms with E-state index >= 15 is 0 Å². The van der Waals surface area contributed by atoms with Crippen LogP contribution in [0.1, 0.15) is 50.7 Å². The number of nitrogen functional groups attached to an aromatic ring is 1. The van der Waals surface area contributed by atoms with E-state index in [1.807, 2.05) is 11.8 Å². The molecule has 1 aromatic rings. The third-order valence-electron chi connectivity index (χ3n) is 3.59. The summed E-state index contributed by atoms with van der Waals surface area (Å²) < 4.78 is 0. The second-order valence-electron chi connectivity index (χ2n) is 4.73. The Morgan fingerprint density at radius 2 is 1.85 bits per heavy atom. The second kappa shape index (κ2) is 7.47. The van der Waals surface area contributed by atoms with Crippen molar-refractivity contribution in [2.75, 3.05) is 30.3 Å². The summed E-state index contributed by atoms with van der Waals surface area (Å²) in [5.41, 5.74) is 5.95. The Balaban J connectivity index is 3.04. The number of hydrogen-bond acceptors (Lipinski definition) is 5. The SMILES string of the molecule is CCC(C)N(CC)C(=O)c1sc(N(CC)CC)nc1N. The molecule has 1 atom stereocenters. The van der Waals surface area contributed by atoms with Gasteiger partial charge in [-0.2, -0.15) is 0 Å². The van der Waals surface area contributed by atoms with Crippen molar-refractivity contribution in [1.82, 2.24) is 9.88 Å². The van der Waals surface area contributed by atoms with E-state index in [0.29, 0.717) is 17.2 Å². The van der Waals surface area contributed by atoms with Crippen LogP contribution < -0.4 is 10.6 Å². The quantitative estimate of drug-likeness (QED) is 0.841. The molecule has 1 amide bonds. The highest BCUT2D eigenvalue weighted by molar-refractivity contribution is 7.18. The number of aromatic nitrogens is 1. The summed E-state index contributed by atoms with van der Waals surface area (Å²) >= 11 is 1.40. The van der Waals surface area contributed by atoms with Crippen LogP contribution in [0.15, 0.2) is 0 Å². The molecule has 0 saturated carbocycles. The molecule has 0 aromatic carbocycles. The van der Waals surface area contributed by atoms with Gasteiger partial charge in [-0.1, -0.05) is 18.3 Å². The van der Waals surface area contributed by atoms with Crippen LogP contribution in [0.4, 0.5) is 10.9 Å². The first-order chi connectivity index (χ1) is 9.49. The summed E-state index contributed by atoms with van der Waals surface area (Å²) in [4.78, 5) is 21.5. The Hall–Kier alpha value is -1.30. The van der Waals surface area contributed by atoms with Crippen LogP contribution in [0.25, 0.3) is 0 Å². The molecule has 0 aliphatic heterocycles. The van der Waals surface area contributed by atoms with Gasteiger partial charge in [-0.3, -0.25) is 4.79 Å². The van der Waals surface area contributed by atoms with Crippen LogP contribution >= 0.6 is 11.3 Å². The first-order valence-electron chi connectivity index (χ1n) is 7.32. The van der Waals surface area contributed by atoms with E-state index in [1.165, 1.54) is 11.3 Å². The molecule has 0 radical (unpaired) electrons. The molecule has 0 aliphatic rings. The number of amides is 1. The topological polar surface area (TPSA) is 62.5 Å². The minimum absolute atomic E-state index is 0.00439. The van der Waals surface area contributed by atoms with Crippen molar-refractivity contribution in [2.45, 2.75) is 47.1 Å². The van der Waals surface area contributed by atoms with Gasteiger partial charge in [0.05, 0.1) is 0 Å². The Morgan fingerprint density at radius 3 is 2.30 bits per heavy atom. The van der Waals surface area contributed by atoms with Crippen LogP contribution in [-0.4, -0.2) is 41.5 Å². The summed E-state index contributed by atoms with van der Waals surface area (Å²) in [7, 11) is 0. The van der Waals surface area contributed by atoms with Gasteiger partial charge in [0.2, 0.25) is 0 Å². The second-order valence-corrected chi connectivity index (χ2v) is 5.71. The highest BCUT2D eigenvalue weighted by atomic mass is 32.1. The molecule has 0 spiro atoms. The van der Waals surface area contributed by atoms with Crippen molar-refractivity contribution in [1.29, 1.82) is 0 Å². The van der Waals surface area contributed by atoms with Gasteiger partial charge >= 0.3 is 0 Å². The molecule has 0 aliphatic carbocycles. The predicted octanol–water partition coefficient (Wildman–Crippen LogP) is 2.83. The predicted molar refractivity (Wildman–Crippen MR) is 86.6 cm³/mol. The van der Waals surface area contributed by atoms with E-state index < -0.39 is 0 Å². The fraction of sp³-hybridized carbons (Fsp3) is 0.714. The van der Waals surface area contributed by atoms with Crippen molar-refractivity contribution >= 4 is 28.2 Å². The van der Waals surface area contributed by atoms with Crippen LogP contribution in [0, 0.1) is 0 Å². The van der Waals surface area contributed by atoms with Crippen LogP contribution in [0.2, 0.25) is 0 Å². The normalized spacial score (nSPS) is 12.2. The van der Waals surface area contributed by atoms with E-state index in [2.05, 4.69) is 37.6 Å². The molecular weight excluding hydrogens is 272 g/mol. The lowest BCUT2D eigenvalue weighted by molar-refractivity contribution is 0.0706. The molecule has 0 fully saturated rings. The first-order valence-corrected chi connectivity index (χ1v) is 8.13. The van der Waals surface area contributed by atoms with Crippen LogP contribution in [-0.2, 0) is 0 Å². The van der Waals surface area contributed by atoms with Crippen molar-refractivity contribution in [2.24, 2.45) is 0 Å². The Morgan fingerprint density at radius 1 is 1.25 bits per heavy atom. The largest absolute Gasteiger partial charge is 0.382 e. The Bertz CT molecular complexity index is 442. The van der Waals surface area contributed by atoms with Gasteiger partial charge in [-0.25, -0.2) is 4.98 Å². The van der Waals surface area contributed by atoms with Crippen LogP contribution in [0.3, 0.4) is 0 Å². The molecule has 2 N–H and O–H groups in total. The maximum atomic E-state index is 12.6. The number of carbonyl (C=O) groups is 1. The van der Waals surface area contributed by atoms with Gasteiger partial charge in [0.1, 0.15) is 10.7 Å². The molecule has 0 saturated heterocycles. The summed E-state index contributed by atoms with van der Waals surface area (Å²) in [6.45, 7) is 12.7. The minimum Gasteiger partial charge on any atom is -0.382 e. The molecule has 1 aromatic heterocycles. The lowest BCUT2D eigenvalue weighted by atomic mass is 10.2. The third-order valence-corrected chi connectivity index (χ3v) is 4.71. The fourth-order valence-corrected chi connectivity index (χ4v) is 3.18. The lowest BCUT2D eigenvalue weighted by Gasteiger charge is -2.26. The fourth-order valence-electron chi connectivity index (χ4n) is 2.11. The molecule has 114 valence electrons. The minimum atomic E-state index is -0.00439. The van der Waals surface area contributed by atoms with Gasteiger partial charge in [0, 0.05) is 25.7 Å². The average molecular weight is 298 g/mol. The van der Waals surface area contributed by atoms with Crippen molar-refractivity contribution in [3.8, 4) is 0 Å². The number of carbonyl (C=O) groups excluding carboxylic acids is 1. The van der Waals surface area contributed by atoms with Crippen molar-refractivity contribution in [3.63, 3.8) is 0 Å². The Labute approximate surface area is 125 Å². The van der Waals surface area contributed by atoms with Gasteiger partial charge in [-0.05, 0) is 34.1 Å². The number of thiazole rings is 1. The molecule has 1 unspecified atom stereocenters. The van der Waals surface area contributed by atoms with E-state index in [1.54, 1.807) is 0 Å². The van der Waals surface area contributed by atoms with Gasteiger partial charge < -0.3 is 15.5 Å². The smallest absolute Gasteiger partial charge is 0.268 e. The summed E-state index contributed by atoms with van der Waals surface area (Å²) in [6.07, 6.45) is 0.932. The lowest BCUT2D eigenvalue weighted by Crippen LogP contribution is -2.38. The summed E-state index contributed by atoms with van der Waals surface area (Å²) in [5, 5.41) is 0.830. The van der Waals surface area contributed by atoms with Crippen molar-refractivity contribution in [3.05, 3.63) is 4.88 Å². The zero-order chi connectivity index (χ0) is 15.3. The molecule has 20 heavy (non-hydrogen) atoms. The number of hydrogen-bond donors (Lipinski definition) is 1. The average Bonchev–Trinajstić information content (AvgIpc) is 2.82. The maximum Gasteiger partial charge on any atom is 0.268 e. The number of rotatable bonds is 7. The molecule has 6 heteroatoms. The van der Waals surface area contributed by atoms with E-state index in [-0.39, 0.29) is 11.9 Å². The number of nitrogens with zero attached hydrogens (tertiary/aromatic N) is 3. The van der Waals surface area contributed by atoms with E-state index in [9.17, 15) is 4.79 Å². The van der Waals surface area contributed by atoms with Gasteiger partial charge in [0.25, 0.3) is 5.91 Å². The number of anilines is 2. The number of nitrogens with two attached hydrogens (primary N) is 1. The molecule has 1 heterocycles. The molecule has 1 rings (SSSR count). The maximum absolute atomic E-state index is 12.6.